The Kier molecular flexibility index (Phi) is 10.8. The second kappa shape index (κ2) is 12.6. The number of aromatic hydroxyl groups is 1. The third kappa shape index (κ3) is 7.27. The lowest BCUT2D eigenvalue weighted by Crippen LogP contribution is -2.09. The summed E-state index contributed by atoms with van der Waals surface area (Å²) in [5, 5.41) is 19.9. The highest BCUT2D eigenvalue weighted by Gasteiger charge is 2.20. The van der Waals surface area contributed by atoms with Gasteiger partial charge in [0.25, 0.3) is 0 Å². The summed E-state index contributed by atoms with van der Waals surface area (Å²) in [6, 6.07) is 2.09. The molecule has 0 amide bonds. The van der Waals surface area contributed by atoms with Crippen molar-refractivity contribution >= 4 is 6.16 Å². The molecule has 0 spiro atoms. The van der Waals surface area contributed by atoms with Crippen LogP contribution in [-0.2, 0) is 19.3 Å². The van der Waals surface area contributed by atoms with Crippen LogP contribution in [0.3, 0.4) is 0 Å². The number of carbonyl (C=O) groups is 1. The summed E-state index contributed by atoms with van der Waals surface area (Å²) in [6.07, 6.45) is 10.8. The fourth-order valence-electron chi connectivity index (χ4n) is 3.38. The van der Waals surface area contributed by atoms with E-state index >= 15 is 0 Å². The van der Waals surface area contributed by atoms with E-state index in [1.54, 1.807) is 0 Å². The molecule has 0 aliphatic rings. The molecule has 4 nitrogen and oxygen atoms in total. The van der Waals surface area contributed by atoms with Crippen LogP contribution in [0.5, 0.6) is 11.5 Å². The molecule has 0 aromatic heterocycles. The van der Waals surface area contributed by atoms with E-state index in [-0.39, 0.29) is 11.5 Å². The van der Waals surface area contributed by atoms with Gasteiger partial charge in [-0.1, -0.05) is 65.4 Å². The van der Waals surface area contributed by atoms with Crippen molar-refractivity contribution in [3.63, 3.8) is 0 Å². The van der Waals surface area contributed by atoms with Crippen LogP contribution in [-0.4, -0.2) is 16.4 Å². The van der Waals surface area contributed by atoms with Crippen LogP contribution >= 0.6 is 0 Å². The van der Waals surface area contributed by atoms with E-state index in [1.165, 1.54) is 0 Å². The first-order valence-corrected chi connectivity index (χ1v) is 10.3. The highest BCUT2D eigenvalue weighted by molar-refractivity contribution is 5.66. The Morgan fingerprint density at radius 3 is 1.85 bits per heavy atom. The Morgan fingerprint density at radius 2 is 1.35 bits per heavy atom. The van der Waals surface area contributed by atoms with Gasteiger partial charge in [-0.25, -0.2) is 4.79 Å². The zero-order valence-corrected chi connectivity index (χ0v) is 16.8. The maximum Gasteiger partial charge on any atom is 0.511 e. The summed E-state index contributed by atoms with van der Waals surface area (Å²) < 4.78 is 5.00. The maximum absolute atomic E-state index is 11.1. The van der Waals surface area contributed by atoms with Crippen LogP contribution in [0.25, 0.3) is 0 Å². The normalized spacial score (nSPS) is 10.9. The quantitative estimate of drug-likeness (QED) is 0.234. The van der Waals surface area contributed by atoms with Crippen LogP contribution in [0.2, 0.25) is 0 Å². The van der Waals surface area contributed by atoms with Gasteiger partial charge < -0.3 is 14.9 Å². The molecule has 0 bridgehead atoms. The summed E-state index contributed by atoms with van der Waals surface area (Å²) in [4.78, 5) is 11.1. The SMILES string of the molecule is CCCCCc1cc(CCCCC)c(OC(=O)O)c(O)c1CCCCC. The molecular weight excluding hydrogens is 328 g/mol. The fourth-order valence-corrected chi connectivity index (χ4v) is 3.38. The molecule has 0 saturated carbocycles. The number of hydrogen-bond donors (Lipinski definition) is 2. The molecular formula is C22H36O4. The second-order valence-corrected chi connectivity index (χ2v) is 7.09. The van der Waals surface area contributed by atoms with Gasteiger partial charge in [0.15, 0.2) is 11.5 Å². The number of hydrogen-bond acceptors (Lipinski definition) is 3. The van der Waals surface area contributed by atoms with Crippen molar-refractivity contribution in [1.82, 2.24) is 0 Å². The summed E-state index contributed by atoms with van der Waals surface area (Å²) >= 11 is 0. The Hall–Kier alpha value is -1.71. The van der Waals surface area contributed by atoms with Crippen LogP contribution in [0.4, 0.5) is 4.79 Å². The number of aryl methyl sites for hydroxylation is 2. The maximum atomic E-state index is 11.1. The van der Waals surface area contributed by atoms with Crippen molar-refractivity contribution in [2.24, 2.45) is 0 Å². The molecule has 0 fully saturated rings. The number of benzene rings is 1. The molecule has 0 unspecified atom stereocenters. The number of carboxylic acid groups (broad SMARTS) is 1. The van der Waals surface area contributed by atoms with Gasteiger partial charge in [-0.05, 0) is 49.7 Å². The monoisotopic (exact) mass is 364 g/mol. The van der Waals surface area contributed by atoms with E-state index in [9.17, 15) is 9.90 Å². The molecule has 0 aliphatic carbocycles. The predicted octanol–water partition coefficient (Wildman–Crippen LogP) is 6.65. The third-order valence-electron chi connectivity index (χ3n) is 4.85. The highest BCUT2D eigenvalue weighted by Crippen LogP contribution is 2.39. The second-order valence-electron chi connectivity index (χ2n) is 7.09. The van der Waals surface area contributed by atoms with Crippen molar-refractivity contribution in [3.8, 4) is 11.5 Å². The minimum atomic E-state index is -1.37. The largest absolute Gasteiger partial charge is 0.511 e. The average molecular weight is 365 g/mol. The van der Waals surface area contributed by atoms with Gasteiger partial charge in [-0.2, -0.15) is 0 Å². The number of ether oxygens (including phenoxy) is 1. The van der Waals surface area contributed by atoms with E-state index < -0.39 is 6.16 Å². The van der Waals surface area contributed by atoms with Gasteiger partial charge >= 0.3 is 6.16 Å². The molecule has 2 N–H and O–H groups in total. The molecule has 0 saturated heterocycles. The Bertz CT molecular complexity index is 552. The van der Waals surface area contributed by atoms with Crippen LogP contribution in [0.1, 0.15) is 95.2 Å². The van der Waals surface area contributed by atoms with Crippen LogP contribution in [0, 0.1) is 0 Å². The van der Waals surface area contributed by atoms with Gasteiger partial charge in [0.2, 0.25) is 0 Å². The molecule has 4 heteroatoms. The Balaban J connectivity index is 3.21. The topological polar surface area (TPSA) is 66.8 Å². The fraction of sp³-hybridized carbons (Fsp3) is 0.682. The predicted molar refractivity (Wildman–Crippen MR) is 106 cm³/mol. The Labute approximate surface area is 158 Å². The number of rotatable bonds is 13. The van der Waals surface area contributed by atoms with Gasteiger partial charge in [-0.3, -0.25) is 0 Å². The zero-order chi connectivity index (χ0) is 19.4. The molecule has 0 heterocycles. The number of phenols is 1. The van der Waals surface area contributed by atoms with Crippen molar-refractivity contribution in [2.45, 2.75) is 97.8 Å². The molecule has 0 atom stereocenters. The van der Waals surface area contributed by atoms with Crippen LogP contribution in [0.15, 0.2) is 6.07 Å². The summed E-state index contributed by atoms with van der Waals surface area (Å²) in [7, 11) is 0. The van der Waals surface area contributed by atoms with Crippen molar-refractivity contribution in [3.05, 3.63) is 22.8 Å². The lowest BCUT2D eigenvalue weighted by Gasteiger charge is -2.18. The lowest BCUT2D eigenvalue weighted by atomic mass is 9.92. The first kappa shape index (κ1) is 22.3. The molecule has 1 aromatic carbocycles. The minimum absolute atomic E-state index is 0.0454. The minimum Gasteiger partial charge on any atom is -0.504 e. The Morgan fingerprint density at radius 1 is 0.846 bits per heavy atom. The van der Waals surface area contributed by atoms with Crippen LogP contribution < -0.4 is 4.74 Å². The molecule has 1 aromatic rings. The summed E-state index contributed by atoms with van der Waals surface area (Å²) in [5.74, 6) is 0.198. The van der Waals surface area contributed by atoms with E-state index in [0.29, 0.717) is 0 Å². The first-order chi connectivity index (χ1) is 12.5. The number of phenolic OH excluding ortho intramolecular Hbond substituents is 1. The van der Waals surface area contributed by atoms with Crippen molar-refractivity contribution in [1.29, 1.82) is 0 Å². The third-order valence-corrected chi connectivity index (χ3v) is 4.85. The number of unbranched alkanes of at least 4 members (excludes halogenated alkanes) is 6. The molecule has 148 valence electrons. The summed E-state index contributed by atoms with van der Waals surface area (Å²) in [6.45, 7) is 6.47. The highest BCUT2D eigenvalue weighted by atomic mass is 16.7. The first-order valence-electron chi connectivity index (χ1n) is 10.3. The van der Waals surface area contributed by atoms with Gasteiger partial charge in [0.1, 0.15) is 0 Å². The smallest absolute Gasteiger partial charge is 0.504 e. The van der Waals surface area contributed by atoms with E-state index in [1.807, 2.05) is 0 Å². The standard InChI is InChI=1S/C22H36O4/c1-4-7-10-13-17-16-18(14-11-8-5-2)21(26-22(24)25)20(23)19(17)15-12-9-6-3/h16,23H,4-15H2,1-3H3,(H,24,25). The molecule has 0 radical (unpaired) electrons. The van der Waals surface area contributed by atoms with Crippen molar-refractivity contribution < 1.29 is 19.7 Å². The molecule has 1 rings (SSSR count). The van der Waals surface area contributed by atoms with Crippen molar-refractivity contribution in [2.75, 3.05) is 0 Å². The summed E-state index contributed by atoms with van der Waals surface area (Å²) in [5.41, 5.74) is 2.87. The van der Waals surface area contributed by atoms with E-state index in [4.69, 9.17) is 9.84 Å². The van der Waals surface area contributed by atoms with Gasteiger partial charge in [0.05, 0.1) is 0 Å². The lowest BCUT2D eigenvalue weighted by molar-refractivity contribution is 0.142. The zero-order valence-electron chi connectivity index (χ0n) is 16.8. The molecule has 26 heavy (non-hydrogen) atoms. The molecule has 0 aliphatic heterocycles. The van der Waals surface area contributed by atoms with E-state index in [2.05, 4.69) is 26.8 Å². The van der Waals surface area contributed by atoms with E-state index in [0.717, 1.165) is 93.7 Å². The van der Waals surface area contributed by atoms with Gasteiger partial charge in [0, 0.05) is 5.56 Å². The average Bonchev–Trinajstić information content (AvgIpc) is 2.60. The van der Waals surface area contributed by atoms with Gasteiger partial charge in [-0.15, -0.1) is 0 Å².